The average molecular weight is 264 g/mol. The van der Waals surface area contributed by atoms with Crippen LogP contribution in [0.3, 0.4) is 0 Å². The van der Waals surface area contributed by atoms with Gasteiger partial charge < -0.3 is 9.52 Å². The molecule has 3 rings (SSSR count). The molecule has 1 heterocycles. The molecule has 0 fully saturated rings. The van der Waals surface area contributed by atoms with E-state index in [9.17, 15) is 9.90 Å². The van der Waals surface area contributed by atoms with Crippen LogP contribution < -0.4 is 5.43 Å². The number of aromatic hydroxyl groups is 1. The van der Waals surface area contributed by atoms with E-state index in [-0.39, 0.29) is 11.2 Å². The standard InChI is InChI=1S/C17H12O3/c18-13-8-5-12(6-9-13)7-10-14-11-16(19)15-3-1-2-4-17(15)20-14/h1-11,18H/b10-7+. The van der Waals surface area contributed by atoms with Crippen LogP contribution in [0.4, 0.5) is 0 Å². The maximum absolute atomic E-state index is 11.9. The molecule has 3 nitrogen and oxygen atoms in total. The lowest BCUT2D eigenvalue weighted by molar-refractivity contribution is 0.475. The highest BCUT2D eigenvalue weighted by Crippen LogP contribution is 2.15. The predicted molar refractivity (Wildman–Crippen MR) is 79.5 cm³/mol. The molecule has 2 aromatic carbocycles. The van der Waals surface area contributed by atoms with Crippen molar-refractivity contribution in [2.75, 3.05) is 0 Å². The van der Waals surface area contributed by atoms with Crippen LogP contribution in [0.5, 0.6) is 5.75 Å². The summed E-state index contributed by atoms with van der Waals surface area (Å²) in [5, 5.41) is 9.79. The summed E-state index contributed by atoms with van der Waals surface area (Å²) in [5.74, 6) is 0.723. The van der Waals surface area contributed by atoms with Crippen LogP contribution in [0.1, 0.15) is 11.3 Å². The lowest BCUT2D eigenvalue weighted by Gasteiger charge is -1.98. The zero-order valence-corrected chi connectivity index (χ0v) is 10.6. The number of hydrogen-bond donors (Lipinski definition) is 1. The van der Waals surface area contributed by atoms with E-state index in [0.717, 1.165) is 5.56 Å². The Kier molecular flexibility index (Phi) is 3.09. The third-order valence-corrected chi connectivity index (χ3v) is 2.99. The minimum Gasteiger partial charge on any atom is -0.508 e. The van der Waals surface area contributed by atoms with Gasteiger partial charge in [0.25, 0.3) is 0 Å². The largest absolute Gasteiger partial charge is 0.508 e. The van der Waals surface area contributed by atoms with Gasteiger partial charge in [-0.2, -0.15) is 0 Å². The SMILES string of the molecule is O=c1cc(/C=C/c2ccc(O)cc2)oc2ccccc12. The molecule has 0 aliphatic carbocycles. The quantitative estimate of drug-likeness (QED) is 0.768. The second-order valence-electron chi connectivity index (χ2n) is 4.43. The molecule has 0 aliphatic rings. The summed E-state index contributed by atoms with van der Waals surface area (Å²) in [7, 11) is 0. The molecule has 0 bridgehead atoms. The lowest BCUT2D eigenvalue weighted by Crippen LogP contribution is -1.99. The van der Waals surface area contributed by atoms with Crippen LogP contribution in [0.2, 0.25) is 0 Å². The predicted octanol–water partition coefficient (Wildman–Crippen LogP) is 3.67. The highest BCUT2D eigenvalue weighted by molar-refractivity contribution is 5.78. The zero-order chi connectivity index (χ0) is 13.9. The Hall–Kier alpha value is -2.81. The van der Waals surface area contributed by atoms with E-state index in [4.69, 9.17) is 4.42 Å². The molecule has 0 spiro atoms. The van der Waals surface area contributed by atoms with Crippen molar-refractivity contribution in [2.45, 2.75) is 0 Å². The molecule has 1 N–H and O–H groups in total. The molecular formula is C17H12O3. The highest BCUT2D eigenvalue weighted by atomic mass is 16.3. The number of para-hydroxylation sites is 1. The van der Waals surface area contributed by atoms with Gasteiger partial charge in [-0.15, -0.1) is 0 Å². The van der Waals surface area contributed by atoms with Gasteiger partial charge in [0, 0.05) is 6.07 Å². The summed E-state index contributed by atoms with van der Waals surface area (Å²) in [6.07, 6.45) is 3.56. The molecular weight excluding hydrogens is 252 g/mol. The number of phenolic OH excluding ortho intramolecular Hbond substituents is 1. The molecule has 0 amide bonds. The maximum Gasteiger partial charge on any atom is 0.193 e. The van der Waals surface area contributed by atoms with Crippen molar-refractivity contribution in [1.82, 2.24) is 0 Å². The van der Waals surface area contributed by atoms with Gasteiger partial charge in [-0.1, -0.05) is 30.3 Å². The van der Waals surface area contributed by atoms with E-state index in [1.54, 1.807) is 42.5 Å². The first-order chi connectivity index (χ1) is 9.72. The zero-order valence-electron chi connectivity index (χ0n) is 10.6. The molecule has 0 saturated carbocycles. The number of phenols is 1. The van der Waals surface area contributed by atoms with Gasteiger partial charge in [-0.25, -0.2) is 0 Å². The van der Waals surface area contributed by atoms with Crippen molar-refractivity contribution in [2.24, 2.45) is 0 Å². The van der Waals surface area contributed by atoms with Crippen molar-refractivity contribution in [3.8, 4) is 5.75 Å². The van der Waals surface area contributed by atoms with E-state index in [2.05, 4.69) is 0 Å². The van der Waals surface area contributed by atoms with Gasteiger partial charge in [-0.05, 0) is 35.9 Å². The average Bonchev–Trinajstić information content (AvgIpc) is 2.47. The number of hydrogen-bond acceptors (Lipinski definition) is 3. The Bertz CT molecular complexity index is 827. The molecule has 0 aliphatic heterocycles. The number of benzene rings is 2. The third kappa shape index (κ3) is 2.47. The Balaban J connectivity index is 1.98. The molecule has 20 heavy (non-hydrogen) atoms. The molecule has 0 atom stereocenters. The van der Waals surface area contributed by atoms with E-state index < -0.39 is 0 Å². The summed E-state index contributed by atoms with van der Waals surface area (Å²) in [4.78, 5) is 11.9. The van der Waals surface area contributed by atoms with E-state index in [1.807, 2.05) is 18.2 Å². The first kappa shape index (κ1) is 12.2. The summed E-state index contributed by atoms with van der Waals surface area (Å²) in [5.41, 5.74) is 1.43. The summed E-state index contributed by atoms with van der Waals surface area (Å²) >= 11 is 0. The van der Waals surface area contributed by atoms with Gasteiger partial charge in [0.15, 0.2) is 5.43 Å². The molecule has 1 aromatic heterocycles. The second kappa shape index (κ2) is 5.05. The van der Waals surface area contributed by atoms with Crippen LogP contribution in [0.25, 0.3) is 23.1 Å². The minimum absolute atomic E-state index is 0.0581. The topological polar surface area (TPSA) is 50.4 Å². The lowest BCUT2D eigenvalue weighted by atomic mass is 10.2. The van der Waals surface area contributed by atoms with Gasteiger partial charge in [-0.3, -0.25) is 4.79 Å². The molecule has 0 radical (unpaired) electrons. The number of fused-ring (bicyclic) bond motifs is 1. The van der Waals surface area contributed by atoms with Crippen LogP contribution in [-0.4, -0.2) is 5.11 Å². The van der Waals surface area contributed by atoms with E-state index in [0.29, 0.717) is 16.7 Å². The summed E-state index contributed by atoms with van der Waals surface area (Å²) < 4.78 is 5.65. The summed E-state index contributed by atoms with van der Waals surface area (Å²) in [6, 6.07) is 15.4. The first-order valence-corrected chi connectivity index (χ1v) is 6.22. The van der Waals surface area contributed by atoms with Crippen molar-refractivity contribution >= 4 is 23.1 Å². The van der Waals surface area contributed by atoms with Crippen LogP contribution in [0.15, 0.2) is 63.8 Å². The fraction of sp³-hybridized carbons (Fsp3) is 0. The monoisotopic (exact) mass is 264 g/mol. The van der Waals surface area contributed by atoms with Crippen molar-refractivity contribution in [3.63, 3.8) is 0 Å². The molecule has 98 valence electrons. The molecule has 0 saturated heterocycles. The minimum atomic E-state index is -0.0581. The molecule has 3 aromatic rings. The van der Waals surface area contributed by atoms with Gasteiger partial charge in [0.05, 0.1) is 5.39 Å². The second-order valence-corrected chi connectivity index (χ2v) is 4.43. The van der Waals surface area contributed by atoms with Crippen LogP contribution >= 0.6 is 0 Å². The Morgan fingerprint density at radius 2 is 1.70 bits per heavy atom. The fourth-order valence-corrected chi connectivity index (χ4v) is 1.97. The Labute approximate surface area is 115 Å². The molecule has 3 heteroatoms. The van der Waals surface area contributed by atoms with Crippen molar-refractivity contribution in [1.29, 1.82) is 0 Å². The van der Waals surface area contributed by atoms with Crippen molar-refractivity contribution in [3.05, 3.63) is 76.1 Å². The third-order valence-electron chi connectivity index (χ3n) is 2.99. The van der Waals surface area contributed by atoms with Crippen molar-refractivity contribution < 1.29 is 9.52 Å². The van der Waals surface area contributed by atoms with Crippen LogP contribution in [0, 0.1) is 0 Å². The van der Waals surface area contributed by atoms with Crippen LogP contribution in [-0.2, 0) is 0 Å². The normalized spacial score (nSPS) is 11.2. The van der Waals surface area contributed by atoms with E-state index >= 15 is 0 Å². The first-order valence-electron chi connectivity index (χ1n) is 6.22. The fourth-order valence-electron chi connectivity index (χ4n) is 1.97. The molecule has 0 unspecified atom stereocenters. The summed E-state index contributed by atoms with van der Waals surface area (Å²) in [6.45, 7) is 0. The smallest absolute Gasteiger partial charge is 0.193 e. The number of rotatable bonds is 2. The Morgan fingerprint density at radius 1 is 0.950 bits per heavy atom. The highest BCUT2D eigenvalue weighted by Gasteiger charge is 2.01. The maximum atomic E-state index is 11.9. The Morgan fingerprint density at radius 3 is 2.50 bits per heavy atom. The van der Waals surface area contributed by atoms with Gasteiger partial charge >= 0.3 is 0 Å². The van der Waals surface area contributed by atoms with Gasteiger partial charge in [0.2, 0.25) is 0 Å². The van der Waals surface area contributed by atoms with E-state index in [1.165, 1.54) is 6.07 Å². The van der Waals surface area contributed by atoms with Gasteiger partial charge in [0.1, 0.15) is 17.1 Å².